The number of hydrogen-bond donors (Lipinski definition) is 1. The number of aryl methyl sites for hydroxylation is 1. The molecule has 0 aliphatic carbocycles. The standard InChI is InChI=1S/C27H28N2O6S/c1-20-13-14-24(36(32,33)29-15-6-3-7-16-29)18-25(20)28-26(30)19-34-27(31)21-9-8-12-23(17-21)35-22-10-4-2-5-11-22/h2,4-5,8-14,17-18H,3,6-7,15-16,19H2,1H3,(H,28,30). The molecule has 4 rings (SSSR count). The molecule has 1 fully saturated rings. The Kier molecular flexibility index (Phi) is 8.02. The molecule has 3 aromatic carbocycles. The Labute approximate surface area is 210 Å². The Hall–Kier alpha value is -3.69. The van der Waals surface area contributed by atoms with E-state index in [0.29, 0.717) is 35.8 Å². The molecule has 188 valence electrons. The van der Waals surface area contributed by atoms with Crippen LogP contribution in [0.1, 0.15) is 35.2 Å². The number of esters is 1. The number of nitrogens with zero attached hydrogens (tertiary/aromatic N) is 1. The minimum absolute atomic E-state index is 0.123. The Morgan fingerprint density at radius 1 is 0.889 bits per heavy atom. The summed E-state index contributed by atoms with van der Waals surface area (Å²) in [5, 5.41) is 2.65. The van der Waals surface area contributed by atoms with E-state index in [0.717, 1.165) is 19.3 Å². The highest BCUT2D eigenvalue weighted by molar-refractivity contribution is 7.89. The van der Waals surface area contributed by atoms with Crippen molar-refractivity contribution in [1.29, 1.82) is 0 Å². The maximum atomic E-state index is 13.0. The zero-order valence-corrected chi connectivity index (χ0v) is 20.8. The van der Waals surface area contributed by atoms with E-state index in [-0.39, 0.29) is 10.5 Å². The van der Waals surface area contributed by atoms with Gasteiger partial charge in [-0.05, 0) is 67.8 Å². The minimum atomic E-state index is -3.64. The first-order valence-corrected chi connectivity index (χ1v) is 13.2. The van der Waals surface area contributed by atoms with Gasteiger partial charge in [-0.2, -0.15) is 4.31 Å². The quantitative estimate of drug-likeness (QED) is 0.440. The van der Waals surface area contributed by atoms with E-state index in [4.69, 9.17) is 9.47 Å². The van der Waals surface area contributed by atoms with Gasteiger partial charge < -0.3 is 14.8 Å². The Balaban J connectivity index is 1.37. The number of carbonyl (C=O) groups is 2. The van der Waals surface area contributed by atoms with Gasteiger partial charge in [0.2, 0.25) is 10.0 Å². The fraction of sp³-hybridized carbons (Fsp3) is 0.259. The van der Waals surface area contributed by atoms with Crippen LogP contribution >= 0.6 is 0 Å². The second kappa shape index (κ2) is 11.4. The summed E-state index contributed by atoms with van der Waals surface area (Å²) in [5.41, 5.74) is 1.28. The number of rotatable bonds is 8. The van der Waals surface area contributed by atoms with Crippen LogP contribution in [0.15, 0.2) is 77.7 Å². The van der Waals surface area contributed by atoms with Gasteiger partial charge in [0.1, 0.15) is 11.5 Å². The van der Waals surface area contributed by atoms with Crippen molar-refractivity contribution in [2.45, 2.75) is 31.1 Å². The highest BCUT2D eigenvalue weighted by Crippen LogP contribution is 2.25. The number of nitrogens with one attached hydrogen (secondary N) is 1. The van der Waals surface area contributed by atoms with Gasteiger partial charge in [0.15, 0.2) is 6.61 Å². The molecule has 9 heteroatoms. The number of benzene rings is 3. The molecule has 3 aromatic rings. The molecule has 0 radical (unpaired) electrons. The molecule has 1 aliphatic rings. The molecule has 1 saturated heterocycles. The lowest BCUT2D eigenvalue weighted by molar-refractivity contribution is -0.119. The lowest BCUT2D eigenvalue weighted by Gasteiger charge is -2.26. The van der Waals surface area contributed by atoms with Crippen molar-refractivity contribution in [3.05, 3.63) is 83.9 Å². The van der Waals surface area contributed by atoms with Gasteiger partial charge in [0, 0.05) is 18.8 Å². The van der Waals surface area contributed by atoms with Gasteiger partial charge in [-0.25, -0.2) is 13.2 Å². The van der Waals surface area contributed by atoms with Crippen molar-refractivity contribution in [2.75, 3.05) is 25.0 Å². The van der Waals surface area contributed by atoms with Crippen molar-refractivity contribution in [3.8, 4) is 11.5 Å². The van der Waals surface area contributed by atoms with E-state index in [1.165, 1.54) is 16.4 Å². The first-order chi connectivity index (χ1) is 17.3. The van der Waals surface area contributed by atoms with Gasteiger partial charge in [-0.15, -0.1) is 0 Å². The summed E-state index contributed by atoms with van der Waals surface area (Å²) in [7, 11) is -3.64. The van der Waals surface area contributed by atoms with E-state index < -0.39 is 28.5 Å². The minimum Gasteiger partial charge on any atom is -0.457 e. The molecule has 1 N–H and O–H groups in total. The van der Waals surface area contributed by atoms with Crippen LogP contribution in [0.5, 0.6) is 11.5 Å². The van der Waals surface area contributed by atoms with Crippen molar-refractivity contribution >= 4 is 27.6 Å². The molecule has 0 atom stereocenters. The van der Waals surface area contributed by atoms with Crippen LogP contribution in [0, 0.1) is 6.92 Å². The molecule has 1 heterocycles. The zero-order valence-electron chi connectivity index (χ0n) is 20.0. The summed E-state index contributed by atoms with van der Waals surface area (Å²) in [4.78, 5) is 25.1. The van der Waals surface area contributed by atoms with Crippen LogP contribution in [-0.4, -0.2) is 44.3 Å². The Bertz CT molecular complexity index is 1340. The molecular weight excluding hydrogens is 480 g/mol. The van der Waals surface area contributed by atoms with Crippen LogP contribution < -0.4 is 10.1 Å². The van der Waals surface area contributed by atoms with E-state index in [9.17, 15) is 18.0 Å². The molecule has 0 aromatic heterocycles. The molecule has 8 nitrogen and oxygen atoms in total. The number of piperidine rings is 1. The fourth-order valence-corrected chi connectivity index (χ4v) is 5.41. The molecule has 0 unspecified atom stereocenters. The van der Waals surface area contributed by atoms with Crippen molar-refractivity contribution in [1.82, 2.24) is 4.31 Å². The SMILES string of the molecule is Cc1ccc(S(=O)(=O)N2CCCCC2)cc1NC(=O)COC(=O)c1cccc(Oc2ccccc2)c1. The van der Waals surface area contributed by atoms with E-state index in [1.54, 1.807) is 49.4 Å². The second-order valence-electron chi connectivity index (χ2n) is 8.51. The molecule has 1 aliphatic heterocycles. The molecule has 0 saturated carbocycles. The largest absolute Gasteiger partial charge is 0.457 e. The normalized spacial score (nSPS) is 14.1. The highest BCUT2D eigenvalue weighted by Gasteiger charge is 2.26. The topological polar surface area (TPSA) is 102 Å². The lowest BCUT2D eigenvalue weighted by Crippen LogP contribution is -2.35. The Morgan fingerprint density at radius 3 is 2.36 bits per heavy atom. The van der Waals surface area contributed by atoms with Gasteiger partial charge in [0.05, 0.1) is 10.5 Å². The average Bonchev–Trinajstić information content (AvgIpc) is 2.89. The number of ether oxygens (including phenoxy) is 2. The molecule has 36 heavy (non-hydrogen) atoms. The monoisotopic (exact) mass is 508 g/mol. The average molecular weight is 509 g/mol. The Morgan fingerprint density at radius 2 is 1.61 bits per heavy atom. The maximum Gasteiger partial charge on any atom is 0.338 e. The molecular formula is C27H28N2O6S. The van der Waals surface area contributed by atoms with Crippen LogP contribution in [0.3, 0.4) is 0 Å². The summed E-state index contributed by atoms with van der Waals surface area (Å²) in [6, 6.07) is 20.3. The fourth-order valence-electron chi connectivity index (χ4n) is 3.86. The van der Waals surface area contributed by atoms with Crippen molar-refractivity contribution < 1.29 is 27.5 Å². The van der Waals surface area contributed by atoms with Gasteiger partial charge in [0.25, 0.3) is 5.91 Å². The third kappa shape index (κ3) is 6.30. The maximum absolute atomic E-state index is 13.0. The summed E-state index contributed by atoms with van der Waals surface area (Å²) in [6.45, 7) is 2.22. The first-order valence-electron chi connectivity index (χ1n) is 11.7. The molecule has 0 bridgehead atoms. The van der Waals surface area contributed by atoms with E-state index in [2.05, 4.69) is 5.32 Å². The summed E-state index contributed by atoms with van der Waals surface area (Å²) in [5.74, 6) is -0.165. The molecule has 0 spiro atoms. The molecule has 1 amide bonds. The number of anilines is 1. The van der Waals surface area contributed by atoms with Crippen LogP contribution in [0.2, 0.25) is 0 Å². The van der Waals surface area contributed by atoms with E-state index in [1.807, 2.05) is 18.2 Å². The van der Waals surface area contributed by atoms with Crippen LogP contribution in [0.25, 0.3) is 0 Å². The third-order valence-electron chi connectivity index (χ3n) is 5.82. The summed E-state index contributed by atoms with van der Waals surface area (Å²) >= 11 is 0. The number of carbonyl (C=O) groups excluding carboxylic acids is 2. The smallest absolute Gasteiger partial charge is 0.338 e. The predicted molar refractivity (Wildman–Crippen MR) is 136 cm³/mol. The number of amides is 1. The zero-order chi connectivity index (χ0) is 25.5. The second-order valence-corrected chi connectivity index (χ2v) is 10.4. The lowest BCUT2D eigenvalue weighted by atomic mass is 10.2. The summed E-state index contributed by atoms with van der Waals surface area (Å²) < 4.78 is 38.3. The van der Waals surface area contributed by atoms with E-state index >= 15 is 0 Å². The number of sulfonamides is 1. The van der Waals surface area contributed by atoms with Crippen molar-refractivity contribution in [2.24, 2.45) is 0 Å². The van der Waals surface area contributed by atoms with Gasteiger partial charge in [-0.3, -0.25) is 4.79 Å². The van der Waals surface area contributed by atoms with Crippen LogP contribution in [-0.2, 0) is 19.6 Å². The third-order valence-corrected chi connectivity index (χ3v) is 7.71. The number of hydrogen-bond acceptors (Lipinski definition) is 6. The van der Waals surface area contributed by atoms with Gasteiger partial charge in [-0.1, -0.05) is 36.8 Å². The van der Waals surface area contributed by atoms with Gasteiger partial charge >= 0.3 is 5.97 Å². The first kappa shape index (κ1) is 25.4. The summed E-state index contributed by atoms with van der Waals surface area (Å²) in [6.07, 6.45) is 2.69. The van der Waals surface area contributed by atoms with Crippen molar-refractivity contribution in [3.63, 3.8) is 0 Å². The highest BCUT2D eigenvalue weighted by atomic mass is 32.2. The number of para-hydroxylation sites is 1. The predicted octanol–water partition coefficient (Wildman–Crippen LogP) is 4.76. The van der Waals surface area contributed by atoms with Crippen LogP contribution in [0.4, 0.5) is 5.69 Å².